The fourth-order valence-electron chi connectivity index (χ4n) is 4.26. The SMILES string of the molecule is O=C(NCC(Cc1ccccc1OC(F)(F)F)C(=O)O)OCC1c2ccccc2-c2ccccc21. The number of rotatable bonds is 8. The van der Waals surface area contributed by atoms with Gasteiger partial charge in [-0.1, -0.05) is 66.7 Å². The molecule has 9 heteroatoms. The molecule has 3 aromatic carbocycles. The van der Waals surface area contributed by atoms with Crippen LogP contribution in [0.2, 0.25) is 0 Å². The second kappa shape index (κ2) is 10.1. The first-order chi connectivity index (χ1) is 16.7. The highest BCUT2D eigenvalue weighted by atomic mass is 19.4. The largest absolute Gasteiger partial charge is 0.573 e. The molecule has 2 N–H and O–H groups in total. The summed E-state index contributed by atoms with van der Waals surface area (Å²) in [5, 5.41) is 12.0. The number of alkyl carbamates (subject to hydrolysis) is 1. The van der Waals surface area contributed by atoms with E-state index >= 15 is 0 Å². The summed E-state index contributed by atoms with van der Waals surface area (Å²) in [6.07, 6.45) is -5.99. The lowest BCUT2D eigenvalue weighted by Gasteiger charge is -2.18. The maximum absolute atomic E-state index is 12.7. The molecule has 1 aliphatic carbocycles. The third kappa shape index (κ3) is 5.74. The monoisotopic (exact) mass is 485 g/mol. The van der Waals surface area contributed by atoms with Crippen LogP contribution in [0.4, 0.5) is 18.0 Å². The summed E-state index contributed by atoms with van der Waals surface area (Å²) in [5.74, 6) is -3.10. The maximum atomic E-state index is 12.7. The van der Waals surface area contributed by atoms with E-state index in [0.29, 0.717) is 0 Å². The minimum absolute atomic E-state index is 0.0554. The summed E-state index contributed by atoms with van der Waals surface area (Å²) in [4.78, 5) is 24.1. The number of hydrogen-bond donors (Lipinski definition) is 2. The van der Waals surface area contributed by atoms with Crippen molar-refractivity contribution in [3.05, 3.63) is 89.5 Å². The number of carboxylic acid groups (broad SMARTS) is 1. The fourth-order valence-corrected chi connectivity index (χ4v) is 4.26. The lowest BCUT2D eigenvalue weighted by atomic mass is 9.98. The van der Waals surface area contributed by atoms with Gasteiger partial charge >= 0.3 is 18.4 Å². The number of para-hydroxylation sites is 1. The summed E-state index contributed by atoms with van der Waals surface area (Å²) in [5.41, 5.74) is 4.27. The van der Waals surface area contributed by atoms with E-state index in [-0.39, 0.29) is 31.1 Å². The Morgan fingerprint density at radius 1 is 0.914 bits per heavy atom. The number of aliphatic carboxylic acids is 1. The van der Waals surface area contributed by atoms with Crippen molar-refractivity contribution in [2.75, 3.05) is 13.2 Å². The molecule has 0 radical (unpaired) electrons. The Balaban J connectivity index is 1.37. The van der Waals surface area contributed by atoms with Crippen molar-refractivity contribution in [3.63, 3.8) is 0 Å². The van der Waals surface area contributed by atoms with Gasteiger partial charge in [-0.15, -0.1) is 13.2 Å². The molecular formula is C26H22F3NO5. The molecule has 0 aliphatic heterocycles. The summed E-state index contributed by atoms with van der Waals surface area (Å²) in [6.45, 7) is -0.272. The van der Waals surface area contributed by atoms with Crippen LogP contribution in [0.15, 0.2) is 72.8 Å². The average molecular weight is 485 g/mol. The van der Waals surface area contributed by atoms with Crippen LogP contribution in [0.1, 0.15) is 22.6 Å². The van der Waals surface area contributed by atoms with E-state index < -0.39 is 30.1 Å². The molecule has 6 nitrogen and oxygen atoms in total. The van der Waals surface area contributed by atoms with E-state index in [2.05, 4.69) is 10.1 Å². The van der Waals surface area contributed by atoms with E-state index in [1.165, 1.54) is 18.2 Å². The van der Waals surface area contributed by atoms with Crippen molar-refractivity contribution >= 4 is 12.1 Å². The number of amides is 1. The van der Waals surface area contributed by atoms with Crippen molar-refractivity contribution in [1.29, 1.82) is 0 Å². The van der Waals surface area contributed by atoms with Gasteiger partial charge in [-0.05, 0) is 40.3 Å². The van der Waals surface area contributed by atoms with Crippen molar-refractivity contribution in [2.24, 2.45) is 5.92 Å². The Labute approximate surface area is 199 Å². The maximum Gasteiger partial charge on any atom is 0.573 e. The first-order valence-electron chi connectivity index (χ1n) is 10.9. The van der Waals surface area contributed by atoms with E-state index in [1.807, 2.05) is 48.5 Å². The Morgan fingerprint density at radius 2 is 1.49 bits per heavy atom. The molecule has 182 valence electrons. The number of nitrogens with one attached hydrogen (secondary N) is 1. The Bertz CT molecular complexity index is 1180. The molecule has 4 rings (SSSR count). The molecule has 0 fully saturated rings. The topological polar surface area (TPSA) is 84.9 Å². The van der Waals surface area contributed by atoms with Crippen molar-refractivity contribution in [3.8, 4) is 16.9 Å². The van der Waals surface area contributed by atoms with Crippen LogP contribution in [-0.2, 0) is 16.0 Å². The third-order valence-electron chi connectivity index (χ3n) is 5.85. The summed E-state index contributed by atoms with van der Waals surface area (Å²) in [6, 6.07) is 21.0. The second-order valence-corrected chi connectivity index (χ2v) is 8.10. The Kier molecular flexibility index (Phi) is 6.95. The fraction of sp³-hybridized carbons (Fsp3) is 0.231. The predicted octanol–water partition coefficient (Wildman–Crippen LogP) is 5.37. The molecule has 35 heavy (non-hydrogen) atoms. The van der Waals surface area contributed by atoms with E-state index in [4.69, 9.17) is 4.74 Å². The first kappa shape index (κ1) is 24.1. The zero-order valence-electron chi connectivity index (χ0n) is 18.4. The van der Waals surface area contributed by atoms with Crippen molar-refractivity contribution in [2.45, 2.75) is 18.7 Å². The molecule has 0 spiro atoms. The number of carbonyl (C=O) groups is 2. The highest BCUT2D eigenvalue weighted by Gasteiger charge is 2.33. The zero-order chi connectivity index (χ0) is 25.0. The Hall–Kier alpha value is -4.01. The number of carbonyl (C=O) groups excluding carboxylic acids is 1. The van der Waals surface area contributed by atoms with Gasteiger partial charge in [0.2, 0.25) is 0 Å². The highest BCUT2D eigenvalue weighted by Crippen LogP contribution is 2.44. The van der Waals surface area contributed by atoms with Crippen molar-refractivity contribution in [1.82, 2.24) is 5.32 Å². The minimum atomic E-state index is -4.91. The van der Waals surface area contributed by atoms with Gasteiger partial charge in [0.05, 0.1) is 5.92 Å². The molecule has 3 aromatic rings. The summed E-state index contributed by atoms with van der Waals surface area (Å²) < 4.78 is 47.4. The number of carboxylic acids is 1. The van der Waals surface area contributed by atoms with Crippen LogP contribution in [0, 0.1) is 5.92 Å². The van der Waals surface area contributed by atoms with Crippen LogP contribution in [0.3, 0.4) is 0 Å². The van der Waals surface area contributed by atoms with Gasteiger partial charge in [0.1, 0.15) is 12.4 Å². The van der Waals surface area contributed by atoms with Gasteiger partial charge in [-0.25, -0.2) is 4.79 Å². The minimum Gasteiger partial charge on any atom is -0.481 e. The van der Waals surface area contributed by atoms with E-state index in [0.717, 1.165) is 28.3 Å². The first-order valence-corrected chi connectivity index (χ1v) is 10.9. The van der Waals surface area contributed by atoms with Crippen LogP contribution in [0.5, 0.6) is 5.75 Å². The molecule has 0 saturated carbocycles. The van der Waals surface area contributed by atoms with Crippen LogP contribution in [0.25, 0.3) is 11.1 Å². The molecule has 0 heterocycles. The Morgan fingerprint density at radius 3 is 2.09 bits per heavy atom. The average Bonchev–Trinajstić information content (AvgIpc) is 3.14. The summed E-state index contributed by atoms with van der Waals surface area (Å²) in [7, 11) is 0. The lowest BCUT2D eigenvalue weighted by Crippen LogP contribution is -2.35. The number of fused-ring (bicyclic) bond motifs is 3. The summed E-state index contributed by atoms with van der Waals surface area (Å²) >= 11 is 0. The zero-order valence-corrected chi connectivity index (χ0v) is 18.4. The van der Waals surface area contributed by atoms with Gasteiger partial charge in [-0.3, -0.25) is 4.79 Å². The second-order valence-electron chi connectivity index (χ2n) is 8.10. The standard InChI is InChI=1S/C26H22F3NO5/c27-26(28,29)35-23-12-6-1-7-16(23)13-17(24(31)32)14-30-25(33)34-15-22-20-10-4-2-8-18(20)19-9-3-5-11-21(19)22/h1-12,17,22H,13-15H2,(H,30,33)(H,31,32). The number of halogens is 3. The van der Waals surface area contributed by atoms with Crippen LogP contribution < -0.4 is 10.1 Å². The molecule has 1 amide bonds. The van der Waals surface area contributed by atoms with Gasteiger partial charge in [-0.2, -0.15) is 0 Å². The third-order valence-corrected chi connectivity index (χ3v) is 5.85. The number of hydrogen-bond acceptors (Lipinski definition) is 4. The normalized spacial score (nSPS) is 13.5. The van der Waals surface area contributed by atoms with Crippen molar-refractivity contribution < 1.29 is 37.3 Å². The van der Waals surface area contributed by atoms with Crippen LogP contribution in [-0.4, -0.2) is 36.7 Å². The smallest absolute Gasteiger partial charge is 0.481 e. The number of benzene rings is 3. The molecule has 0 bridgehead atoms. The van der Waals surface area contributed by atoms with Gasteiger partial charge in [0, 0.05) is 12.5 Å². The molecular weight excluding hydrogens is 463 g/mol. The molecule has 1 atom stereocenters. The van der Waals surface area contributed by atoms with Gasteiger partial charge in [0.25, 0.3) is 0 Å². The molecule has 1 aliphatic rings. The molecule has 1 unspecified atom stereocenters. The van der Waals surface area contributed by atoms with Crippen LogP contribution >= 0.6 is 0 Å². The quantitative estimate of drug-likeness (QED) is 0.448. The number of ether oxygens (including phenoxy) is 2. The van der Waals surface area contributed by atoms with Gasteiger partial charge < -0.3 is 19.9 Å². The lowest BCUT2D eigenvalue weighted by molar-refractivity contribution is -0.274. The highest BCUT2D eigenvalue weighted by molar-refractivity contribution is 5.79. The molecule has 0 saturated heterocycles. The predicted molar refractivity (Wildman–Crippen MR) is 121 cm³/mol. The van der Waals surface area contributed by atoms with E-state index in [9.17, 15) is 27.9 Å². The van der Waals surface area contributed by atoms with Gasteiger partial charge in [0.15, 0.2) is 0 Å². The molecule has 0 aromatic heterocycles. The van der Waals surface area contributed by atoms with E-state index in [1.54, 1.807) is 0 Å². The number of alkyl halides is 3.